The maximum Gasteiger partial charge on any atom is 0.407 e. The van der Waals surface area contributed by atoms with Crippen LogP contribution in [0.25, 0.3) is 0 Å². The van der Waals surface area contributed by atoms with Crippen molar-refractivity contribution in [3.8, 4) is 0 Å². The van der Waals surface area contributed by atoms with Crippen molar-refractivity contribution in [3.05, 3.63) is 34.9 Å². The second-order valence-corrected chi connectivity index (χ2v) is 4.10. The van der Waals surface area contributed by atoms with Gasteiger partial charge in [0.25, 0.3) is 0 Å². The van der Waals surface area contributed by atoms with Gasteiger partial charge >= 0.3 is 6.09 Å². The summed E-state index contributed by atoms with van der Waals surface area (Å²) in [5, 5.41) is 6.56. The van der Waals surface area contributed by atoms with Gasteiger partial charge in [-0.3, -0.25) is 0 Å². The minimum Gasteiger partial charge on any atom is -0.443 e. The first-order valence-electron chi connectivity index (χ1n) is 5.14. The molecular formula is C11H13ClN2O2. The van der Waals surface area contributed by atoms with Crippen LogP contribution in [0.2, 0.25) is 5.02 Å². The van der Waals surface area contributed by atoms with Gasteiger partial charge in [-0.25, -0.2) is 4.79 Å². The highest BCUT2D eigenvalue weighted by Crippen LogP contribution is 2.09. The van der Waals surface area contributed by atoms with Crippen LogP contribution in [0.3, 0.4) is 0 Å². The lowest BCUT2D eigenvalue weighted by molar-refractivity contribution is 0.139. The maximum atomic E-state index is 10.7. The summed E-state index contributed by atoms with van der Waals surface area (Å²) < 4.78 is 4.98. The molecule has 1 aliphatic rings. The first-order valence-corrected chi connectivity index (χ1v) is 5.51. The van der Waals surface area contributed by atoms with Gasteiger partial charge in [0.05, 0.1) is 6.54 Å². The molecule has 1 saturated heterocycles. The van der Waals surface area contributed by atoms with E-state index in [2.05, 4.69) is 10.6 Å². The minimum atomic E-state index is -0.335. The monoisotopic (exact) mass is 240 g/mol. The summed E-state index contributed by atoms with van der Waals surface area (Å²) >= 11 is 5.78. The fourth-order valence-corrected chi connectivity index (χ4v) is 1.65. The van der Waals surface area contributed by atoms with E-state index in [1.807, 2.05) is 24.3 Å². The summed E-state index contributed by atoms with van der Waals surface area (Å²) in [6.07, 6.45) is -0.405. The lowest BCUT2D eigenvalue weighted by atomic mass is 10.2. The highest BCUT2D eigenvalue weighted by atomic mass is 35.5. The second-order valence-electron chi connectivity index (χ2n) is 3.67. The smallest absolute Gasteiger partial charge is 0.407 e. The summed E-state index contributed by atoms with van der Waals surface area (Å²) in [7, 11) is 0. The van der Waals surface area contributed by atoms with Crippen LogP contribution in [0.1, 0.15) is 5.56 Å². The lowest BCUT2D eigenvalue weighted by Gasteiger charge is -2.09. The van der Waals surface area contributed by atoms with Gasteiger partial charge in [-0.2, -0.15) is 0 Å². The van der Waals surface area contributed by atoms with Crippen molar-refractivity contribution in [1.29, 1.82) is 0 Å². The van der Waals surface area contributed by atoms with Crippen molar-refractivity contribution < 1.29 is 9.53 Å². The third kappa shape index (κ3) is 3.12. The molecular weight excluding hydrogens is 228 g/mol. The standard InChI is InChI=1S/C11H13ClN2O2/c12-9-3-1-8(2-4-9)5-13-6-10-7-14-11(15)16-10/h1-4,10,13H,5-7H2,(H,14,15)/t10-/m1/s1. The van der Waals surface area contributed by atoms with Crippen molar-refractivity contribution >= 4 is 17.7 Å². The minimum absolute atomic E-state index is 0.0696. The third-order valence-corrected chi connectivity index (χ3v) is 2.61. The van der Waals surface area contributed by atoms with E-state index in [1.54, 1.807) is 0 Å². The van der Waals surface area contributed by atoms with Gasteiger partial charge in [0.2, 0.25) is 0 Å². The molecule has 0 saturated carbocycles. The summed E-state index contributed by atoms with van der Waals surface area (Å²) in [6.45, 7) is 1.97. The van der Waals surface area contributed by atoms with Crippen molar-refractivity contribution in [1.82, 2.24) is 10.6 Å². The molecule has 0 spiro atoms. The number of carbonyl (C=O) groups is 1. The molecule has 16 heavy (non-hydrogen) atoms. The Morgan fingerprint density at radius 1 is 1.44 bits per heavy atom. The Morgan fingerprint density at radius 2 is 2.19 bits per heavy atom. The molecule has 1 aliphatic heterocycles. The highest BCUT2D eigenvalue weighted by Gasteiger charge is 2.21. The molecule has 0 bridgehead atoms. The van der Waals surface area contributed by atoms with Gasteiger partial charge in [0.1, 0.15) is 6.10 Å². The predicted octanol–water partition coefficient (Wildman–Crippen LogP) is 1.54. The van der Waals surface area contributed by atoms with E-state index >= 15 is 0 Å². The van der Waals surface area contributed by atoms with Gasteiger partial charge in [-0.1, -0.05) is 23.7 Å². The van der Waals surface area contributed by atoms with Crippen molar-refractivity contribution in [2.45, 2.75) is 12.6 Å². The van der Waals surface area contributed by atoms with Gasteiger partial charge in [0, 0.05) is 18.1 Å². The van der Waals surface area contributed by atoms with E-state index in [0.717, 1.165) is 17.1 Å². The third-order valence-electron chi connectivity index (χ3n) is 2.36. The molecule has 1 aromatic rings. The van der Waals surface area contributed by atoms with Crippen molar-refractivity contribution in [2.24, 2.45) is 0 Å². The Hall–Kier alpha value is -1.26. The molecule has 2 rings (SSSR count). The Labute approximate surface area is 98.9 Å². The van der Waals surface area contributed by atoms with Gasteiger partial charge < -0.3 is 15.4 Å². The fourth-order valence-electron chi connectivity index (χ4n) is 1.53. The average Bonchev–Trinajstić information content (AvgIpc) is 2.67. The van der Waals surface area contributed by atoms with Crippen LogP contribution in [0.15, 0.2) is 24.3 Å². The van der Waals surface area contributed by atoms with Crippen LogP contribution in [0.5, 0.6) is 0 Å². The molecule has 0 unspecified atom stereocenters. The largest absolute Gasteiger partial charge is 0.443 e. The fraction of sp³-hybridized carbons (Fsp3) is 0.364. The van der Waals surface area contributed by atoms with Crippen LogP contribution in [0, 0.1) is 0 Å². The number of ether oxygens (including phenoxy) is 1. The molecule has 1 heterocycles. The number of hydrogen-bond donors (Lipinski definition) is 2. The summed E-state index contributed by atoms with van der Waals surface area (Å²) in [5.41, 5.74) is 1.15. The molecule has 1 fully saturated rings. The number of hydrogen-bond acceptors (Lipinski definition) is 3. The molecule has 0 radical (unpaired) electrons. The number of rotatable bonds is 4. The zero-order chi connectivity index (χ0) is 11.4. The number of cyclic esters (lactones) is 1. The first kappa shape index (κ1) is 11.2. The number of alkyl carbamates (subject to hydrolysis) is 1. The maximum absolute atomic E-state index is 10.7. The molecule has 1 aromatic carbocycles. The van der Waals surface area contributed by atoms with Crippen LogP contribution >= 0.6 is 11.6 Å². The van der Waals surface area contributed by atoms with Gasteiger partial charge in [-0.05, 0) is 17.7 Å². The Morgan fingerprint density at radius 3 is 2.81 bits per heavy atom. The molecule has 86 valence electrons. The number of nitrogens with one attached hydrogen (secondary N) is 2. The first-order chi connectivity index (χ1) is 7.74. The SMILES string of the molecule is O=C1NC[C@@H](CNCc2ccc(Cl)cc2)O1. The zero-order valence-electron chi connectivity index (χ0n) is 8.70. The van der Waals surface area contributed by atoms with E-state index in [9.17, 15) is 4.79 Å². The number of amides is 1. The van der Waals surface area contributed by atoms with Gasteiger partial charge in [-0.15, -0.1) is 0 Å². The Kier molecular flexibility index (Phi) is 3.64. The van der Waals surface area contributed by atoms with E-state index in [4.69, 9.17) is 16.3 Å². The Balaban J connectivity index is 1.72. The topological polar surface area (TPSA) is 50.4 Å². The molecule has 0 aliphatic carbocycles. The number of carbonyl (C=O) groups excluding carboxylic acids is 1. The number of benzene rings is 1. The molecule has 0 aromatic heterocycles. The zero-order valence-corrected chi connectivity index (χ0v) is 9.46. The van der Waals surface area contributed by atoms with E-state index in [-0.39, 0.29) is 12.2 Å². The van der Waals surface area contributed by atoms with Crippen LogP contribution in [0.4, 0.5) is 4.79 Å². The molecule has 4 nitrogen and oxygen atoms in total. The average molecular weight is 241 g/mol. The summed E-state index contributed by atoms with van der Waals surface area (Å²) in [5.74, 6) is 0. The predicted molar refractivity (Wildman–Crippen MR) is 61.4 cm³/mol. The van der Waals surface area contributed by atoms with E-state index in [1.165, 1.54) is 0 Å². The summed E-state index contributed by atoms with van der Waals surface area (Å²) in [4.78, 5) is 10.7. The lowest BCUT2D eigenvalue weighted by Crippen LogP contribution is -2.29. The molecule has 5 heteroatoms. The van der Waals surface area contributed by atoms with Crippen molar-refractivity contribution in [3.63, 3.8) is 0 Å². The normalized spacial score (nSPS) is 19.3. The molecule has 1 amide bonds. The number of halogens is 1. The van der Waals surface area contributed by atoms with Crippen LogP contribution in [-0.4, -0.2) is 25.3 Å². The quantitative estimate of drug-likeness (QED) is 0.840. The van der Waals surface area contributed by atoms with Crippen molar-refractivity contribution in [2.75, 3.05) is 13.1 Å². The Bertz CT molecular complexity index is 367. The second kappa shape index (κ2) is 5.18. The van der Waals surface area contributed by atoms with Crippen LogP contribution in [-0.2, 0) is 11.3 Å². The van der Waals surface area contributed by atoms with E-state index < -0.39 is 0 Å². The van der Waals surface area contributed by atoms with E-state index in [0.29, 0.717) is 13.1 Å². The summed E-state index contributed by atoms with van der Waals surface area (Å²) in [6, 6.07) is 7.65. The van der Waals surface area contributed by atoms with Crippen LogP contribution < -0.4 is 10.6 Å². The molecule has 2 N–H and O–H groups in total. The molecule has 1 atom stereocenters. The van der Waals surface area contributed by atoms with Gasteiger partial charge in [0.15, 0.2) is 0 Å². The highest BCUT2D eigenvalue weighted by molar-refractivity contribution is 6.30.